The van der Waals surface area contributed by atoms with Gasteiger partial charge >= 0.3 is 0 Å². The molecule has 0 saturated carbocycles. The molecular formula is C22H28N4O. The summed E-state index contributed by atoms with van der Waals surface area (Å²) in [4.78, 5) is 26.9. The van der Waals surface area contributed by atoms with Gasteiger partial charge in [0.1, 0.15) is 5.82 Å². The number of piperidine rings is 1. The first kappa shape index (κ1) is 18.1. The van der Waals surface area contributed by atoms with E-state index in [9.17, 15) is 4.79 Å². The molecule has 0 spiro atoms. The number of hydrogen-bond donors (Lipinski definition) is 0. The molecule has 2 atom stereocenters. The van der Waals surface area contributed by atoms with E-state index < -0.39 is 0 Å². The monoisotopic (exact) mass is 364 g/mol. The highest BCUT2D eigenvalue weighted by molar-refractivity contribution is 5.83. The first-order chi connectivity index (χ1) is 13.1. The molecule has 1 fully saturated rings. The first-order valence-corrected chi connectivity index (χ1v) is 9.99. The number of rotatable bonds is 3. The van der Waals surface area contributed by atoms with Gasteiger partial charge in [0.05, 0.1) is 5.92 Å². The average molecular weight is 364 g/mol. The lowest BCUT2D eigenvalue weighted by atomic mass is 9.93. The van der Waals surface area contributed by atoms with Gasteiger partial charge in [0.15, 0.2) is 0 Å². The van der Waals surface area contributed by atoms with E-state index >= 15 is 0 Å². The van der Waals surface area contributed by atoms with Crippen LogP contribution >= 0.6 is 0 Å². The minimum atomic E-state index is -0.107. The molecule has 2 aliphatic heterocycles. The topological polar surface area (TPSA) is 49.3 Å². The maximum atomic E-state index is 13.0. The van der Waals surface area contributed by atoms with E-state index in [2.05, 4.69) is 16.9 Å². The Balaban J connectivity index is 1.47. The third kappa shape index (κ3) is 3.88. The summed E-state index contributed by atoms with van der Waals surface area (Å²) < 4.78 is 0. The second kappa shape index (κ2) is 7.77. The Morgan fingerprint density at radius 1 is 1.22 bits per heavy atom. The maximum Gasteiger partial charge on any atom is 0.229 e. The van der Waals surface area contributed by atoms with Gasteiger partial charge in [-0.3, -0.25) is 4.79 Å². The zero-order chi connectivity index (χ0) is 18.8. The molecule has 1 amide bonds. The van der Waals surface area contributed by atoms with Gasteiger partial charge in [-0.1, -0.05) is 30.3 Å². The lowest BCUT2D eigenvalue weighted by molar-refractivity contribution is -0.133. The van der Waals surface area contributed by atoms with Crippen molar-refractivity contribution in [3.05, 3.63) is 59.2 Å². The van der Waals surface area contributed by atoms with Crippen LogP contribution in [0.1, 0.15) is 54.2 Å². The number of likely N-dealkylation sites (N-methyl/N-ethyl adjacent to an activating group) is 1. The summed E-state index contributed by atoms with van der Waals surface area (Å²) in [6.07, 6.45) is 5.06. The van der Waals surface area contributed by atoms with Crippen molar-refractivity contribution in [2.75, 3.05) is 26.7 Å². The Morgan fingerprint density at radius 3 is 2.85 bits per heavy atom. The molecule has 2 aromatic rings. The standard InChI is InChI=1S/C22H28N4O/c1-16(17-7-4-3-5-8-17)22(27)26-11-6-9-18(15-26)21-23-13-19-14-25(2)12-10-20(19)24-21/h3-5,7-8,13,16,18H,6,9-12,14-15H2,1-2H3/t16-,18+/m0/s1. The van der Waals surface area contributed by atoms with Gasteiger partial charge in [-0.25, -0.2) is 9.97 Å². The molecule has 4 rings (SSSR count). The Kier molecular flexibility index (Phi) is 5.21. The summed E-state index contributed by atoms with van der Waals surface area (Å²) in [6.45, 7) is 5.55. The summed E-state index contributed by atoms with van der Waals surface area (Å²) in [7, 11) is 2.13. The number of likely N-dealkylation sites (tertiary alicyclic amines) is 1. The molecule has 27 heavy (non-hydrogen) atoms. The average Bonchev–Trinajstić information content (AvgIpc) is 2.73. The van der Waals surface area contributed by atoms with E-state index in [4.69, 9.17) is 4.98 Å². The number of fused-ring (bicyclic) bond motifs is 1. The molecule has 0 radical (unpaired) electrons. The van der Waals surface area contributed by atoms with Crippen molar-refractivity contribution < 1.29 is 4.79 Å². The SMILES string of the molecule is C[C@H](C(=O)N1CCC[C@@H](c2ncc3c(n2)CCN(C)C3)C1)c1ccccc1. The third-order valence-electron chi connectivity index (χ3n) is 5.91. The van der Waals surface area contributed by atoms with Crippen molar-refractivity contribution in [1.29, 1.82) is 0 Å². The molecule has 0 bridgehead atoms. The van der Waals surface area contributed by atoms with E-state index in [0.29, 0.717) is 0 Å². The van der Waals surface area contributed by atoms with Crippen LogP contribution in [-0.2, 0) is 17.8 Å². The zero-order valence-corrected chi connectivity index (χ0v) is 16.3. The van der Waals surface area contributed by atoms with E-state index in [0.717, 1.165) is 56.8 Å². The van der Waals surface area contributed by atoms with Crippen molar-refractivity contribution in [3.63, 3.8) is 0 Å². The molecular weight excluding hydrogens is 336 g/mol. The van der Waals surface area contributed by atoms with Crippen molar-refractivity contribution in [2.24, 2.45) is 0 Å². The van der Waals surface area contributed by atoms with E-state index in [1.165, 1.54) is 11.3 Å². The second-order valence-electron chi connectivity index (χ2n) is 7.94. The van der Waals surface area contributed by atoms with Crippen LogP contribution in [0.5, 0.6) is 0 Å². The highest BCUT2D eigenvalue weighted by atomic mass is 16.2. The fourth-order valence-electron chi connectivity index (χ4n) is 4.22. The normalized spacial score (nSPS) is 21.6. The van der Waals surface area contributed by atoms with Crippen LogP contribution in [0.15, 0.2) is 36.5 Å². The molecule has 142 valence electrons. The first-order valence-electron chi connectivity index (χ1n) is 9.99. The number of carbonyl (C=O) groups is 1. The highest BCUT2D eigenvalue weighted by Crippen LogP contribution is 2.28. The number of benzene rings is 1. The van der Waals surface area contributed by atoms with Crippen LogP contribution in [0.25, 0.3) is 0 Å². The fourth-order valence-corrected chi connectivity index (χ4v) is 4.22. The Hall–Kier alpha value is -2.27. The van der Waals surface area contributed by atoms with Crippen LogP contribution in [0.4, 0.5) is 0 Å². The number of aromatic nitrogens is 2. The van der Waals surface area contributed by atoms with Gasteiger partial charge in [0.2, 0.25) is 5.91 Å². The van der Waals surface area contributed by atoms with E-state index in [1.54, 1.807) is 0 Å². The van der Waals surface area contributed by atoms with Gasteiger partial charge < -0.3 is 9.80 Å². The van der Waals surface area contributed by atoms with Crippen molar-refractivity contribution in [2.45, 2.75) is 44.6 Å². The summed E-state index contributed by atoms with van der Waals surface area (Å²) in [5.41, 5.74) is 3.52. The zero-order valence-electron chi connectivity index (χ0n) is 16.3. The molecule has 0 N–H and O–H groups in total. The quantitative estimate of drug-likeness (QED) is 0.840. The predicted molar refractivity (Wildman–Crippen MR) is 105 cm³/mol. The predicted octanol–water partition coefficient (Wildman–Crippen LogP) is 2.97. The number of hydrogen-bond acceptors (Lipinski definition) is 4. The largest absolute Gasteiger partial charge is 0.341 e. The molecule has 5 heteroatoms. The second-order valence-corrected chi connectivity index (χ2v) is 7.94. The number of carbonyl (C=O) groups excluding carboxylic acids is 1. The molecule has 2 aliphatic rings. The number of nitrogens with zero attached hydrogens (tertiary/aromatic N) is 4. The summed E-state index contributed by atoms with van der Waals surface area (Å²) in [5.74, 6) is 1.27. The van der Waals surface area contributed by atoms with Gasteiger partial charge in [-0.15, -0.1) is 0 Å². The van der Waals surface area contributed by atoms with Gasteiger partial charge in [0.25, 0.3) is 0 Å². The Labute approximate surface area is 161 Å². The van der Waals surface area contributed by atoms with Crippen LogP contribution in [0, 0.1) is 0 Å². The summed E-state index contributed by atoms with van der Waals surface area (Å²) in [5, 5.41) is 0. The van der Waals surface area contributed by atoms with Crippen molar-refractivity contribution in [3.8, 4) is 0 Å². The smallest absolute Gasteiger partial charge is 0.229 e. The lowest BCUT2D eigenvalue weighted by Crippen LogP contribution is -2.41. The summed E-state index contributed by atoms with van der Waals surface area (Å²) in [6, 6.07) is 10.1. The van der Waals surface area contributed by atoms with Gasteiger partial charge in [-0.05, 0) is 32.4 Å². The molecule has 1 saturated heterocycles. The lowest BCUT2D eigenvalue weighted by Gasteiger charge is -2.34. The van der Waals surface area contributed by atoms with Crippen LogP contribution < -0.4 is 0 Å². The molecule has 1 aromatic carbocycles. The van der Waals surface area contributed by atoms with Crippen LogP contribution in [0.2, 0.25) is 0 Å². The van der Waals surface area contributed by atoms with E-state index in [1.807, 2.05) is 48.4 Å². The number of amides is 1. The molecule has 1 aromatic heterocycles. The minimum absolute atomic E-state index is 0.107. The van der Waals surface area contributed by atoms with E-state index in [-0.39, 0.29) is 17.7 Å². The van der Waals surface area contributed by atoms with Crippen LogP contribution in [-0.4, -0.2) is 52.4 Å². The highest BCUT2D eigenvalue weighted by Gasteiger charge is 2.30. The maximum absolute atomic E-state index is 13.0. The van der Waals surface area contributed by atoms with Gasteiger partial charge in [0, 0.05) is 56.0 Å². The Morgan fingerprint density at radius 2 is 2.04 bits per heavy atom. The van der Waals surface area contributed by atoms with Crippen molar-refractivity contribution in [1.82, 2.24) is 19.8 Å². The minimum Gasteiger partial charge on any atom is -0.341 e. The Bertz CT molecular complexity index is 807. The molecule has 3 heterocycles. The van der Waals surface area contributed by atoms with Crippen LogP contribution in [0.3, 0.4) is 0 Å². The summed E-state index contributed by atoms with van der Waals surface area (Å²) >= 11 is 0. The fraction of sp³-hybridized carbons (Fsp3) is 0.500. The molecule has 5 nitrogen and oxygen atoms in total. The third-order valence-corrected chi connectivity index (χ3v) is 5.91. The molecule has 0 aliphatic carbocycles. The molecule has 0 unspecified atom stereocenters. The van der Waals surface area contributed by atoms with Gasteiger partial charge in [-0.2, -0.15) is 0 Å². The van der Waals surface area contributed by atoms with Crippen molar-refractivity contribution >= 4 is 5.91 Å².